The van der Waals surface area contributed by atoms with Gasteiger partial charge >= 0.3 is 0 Å². The van der Waals surface area contributed by atoms with Crippen molar-refractivity contribution in [3.05, 3.63) is 36.8 Å². The molecule has 1 rings (SSSR count). The van der Waals surface area contributed by atoms with E-state index in [1.807, 2.05) is 12.1 Å². The summed E-state index contributed by atoms with van der Waals surface area (Å²) in [5.41, 5.74) is 5.68. The van der Waals surface area contributed by atoms with Gasteiger partial charge in [-0.25, -0.2) is 0 Å². The number of furan rings is 1. The minimum atomic E-state index is -0.0347. The molecular formula is C8H12ClNO. The molecule has 1 aromatic heterocycles. The summed E-state index contributed by atoms with van der Waals surface area (Å²) in [5.74, 6) is 0.819. The van der Waals surface area contributed by atoms with Gasteiger partial charge in [0.15, 0.2) is 0 Å². The minimum absolute atomic E-state index is 0. The molecule has 1 aromatic rings. The van der Waals surface area contributed by atoms with Crippen molar-refractivity contribution in [2.75, 3.05) is 0 Å². The predicted molar refractivity (Wildman–Crippen MR) is 47.7 cm³/mol. The molecule has 2 N–H and O–H groups in total. The Bertz CT molecular complexity index is 196. The maximum absolute atomic E-state index is 5.68. The summed E-state index contributed by atoms with van der Waals surface area (Å²) in [5, 5.41) is 0. The Balaban J connectivity index is 0.000001000. The van der Waals surface area contributed by atoms with E-state index in [1.54, 1.807) is 12.3 Å². The number of hydrogen-bond acceptors (Lipinski definition) is 2. The van der Waals surface area contributed by atoms with E-state index in [9.17, 15) is 0 Å². The van der Waals surface area contributed by atoms with Crippen molar-refractivity contribution in [3.63, 3.8) is 0 Å². The molecule has 0 bridgehead atoms. The van der Waals surface area contributed by atoms with Crippen LogP contribution in [0.3, 0.4) is 0 Å². The van der Waals surface area contributed by atoms with E-state index in [2.05, 4.69) is 6.58 Å². The first-order valence-electron chi connectivity index (χ1n) is 3.24. The Morgan fingerprint density at radius 1 is 1.73 bits per heavy atom. The molecule has 0 aliphatic heterocycles. The lowest BCUT2D eigenvalue weighted by molar-refractivity contribution is 0.467. The highest BCUT2D eigenvalue weighted by atomic mass is 35.5. The van der Waals surface area contributed by atoms with Crippen LogP contribution in [0.4, 0.5) is 0 Å². The lowest BCUT2D eigenvalue weighted by Crippen LogP contribution is -2.07. The molecule has 0 saturated heterocycles. The lowest BCUT2D eigenvalue weighted by Gasteiger charge is -2.02. The number of rotatable bonds is 3. The third kappa shape index (κ3) is 2.78. The highest BCUT2D eigenvalue weighted by molar-refractivity contribution is 5.85. The SMILES string of the molecule is C=CC[C@@H](N)c1ccco1.Cl. The maximum atomic E-state index is 5.68. The van der Waals surface area contributed by atoms with Gasteiger partial charge in [0.2, 0.25) is 0 Å². The molecule has 1 atom stereocenters. The van der Waals surface area contributed by atoms with E-state index in [4.69, 9.17) is 10.2 Å². The van der Waals surface area contributed by atoms with Gasteiger partial charge in [0.05, 0.1) is 12.3 Å². The van der Waals surface area contributed by atoms with E-state index in [-0.39, 0.29) is 18.4 Å². The largest absolute Gasteiger partial charge is 0.468 e. The van der Waals surface area contributed by atoms with Crippen LogP contribution < -0.4 is 5.73 Å². The summed E-state index contributed by atoms with van der Waals surface area (Å²) < 4.78 is 5.08. The third-order valence-corrected chi connectivity index (χ3v) is 1.33. The van der Waals surface area contributed by atoms with E-state index in [0.717, 1.165) is 12.2 Å². The molecule has 0 spiro atoms. The van der Waals surface area contributed by atoms with E-state index in [1.165, 1.54) is 0 Å². The van der Waals surface area contributed by atoms with Gasteiger partial charge in [0, 0.05) is 0 Å². The van der Waals surface area contributed by atoms with Crippen LogP contribution in [0.2, 0.25) is 0 Å². The normalized spacial score (nSPS) is 11.7. The second kappa shape index (κ2) is 4.99. The Labute approximate surface area is 72.5 Å². The predicted octanol–water partition coefficient (Wildman–Crippen LogP) is 2.28. The first kappa shape index (κ1) is 10.3. The van der Waals surface area contributed by atoms with Gasteiger partial charge in [-0.2, -0.15) is 0 Å². The van der Waals surface area contributed by atoms with Crippen molar-refractivity contribution < 1.29 is 4.42 Å². The van der Waals surface area contributed by atoms with Crippen molar-refractivity contribution in [1.82, 2.24) is 0 Å². The minimum Gasteiger partial charge on any atom is -0.468 e. The van der Waals surface area contributed by atoms with Crippen LogP contribution in [0.1, 0.15) is 18.2 Å². The average Bonchev–Trinajstić information content (AvgIpc) is 2.38. The van der Waals surface area contributed by atoms with Crippen molar-refractivity contribution in [2.24, 2.45) is 5.73 Å². The molecule has 3 heteroatoms. The van der Waals surface area contributed by atoms with Crippen LogP contribution in [-0.2, 0) is 0 Å². The van der Waals surface area contributed by atoms with Crippen LogP contribution in [0.15, 0.2) is 35.5 Å². The van der Waals surface area contributed by atoms with Crippen LogP contribution in [0.25, 0.3) is 0 Å². The summed E-state index contributed by atoms with van der Waals surface area (Å²) in [7, 11) is 0. The van der Waals surface area contributed by atoms with Gasteiger partial charge in [0.25, 0.3) is 0 Å². The molecule has 1 heterocycles. The molecule has 0 aromatic carbocycles. The maximum Gasteiger partial charge on any atom is 0.120 e. The van der Waals surface area contributed by atoms with Gasteiger partial charge in [-0.15, -0.1) is 19.0 Å². The number of hydrogen-bond donors (Lipinski definition) is 1. The molecule has 0 unspecified atom stereocenters. The van der Waals surface area contributed by atoms with E-state index in [0.29, 0.717) is 0 Å². The van der Waals surface area contributed by atoms with Gasteiger partial charge < -0.3 is 10.2 Å². The molecular weight excluding hydrogens is 162 g/mol. The molecule has 0 radical (unpaired) electrons. The summed E-state index contributed by atoms with van der Waals surface area (Å²) in [6.45, 7) is 3.59. The first-order chi connectivity index (χ1) is 4.84. The first-order valence-corrected chi connectivity index (χ1v) is 3.24. The Hall–Kier alpha value is -0.730. The quantitative estimate of drug-likeness (QED) is 0.713. The smallest absolute Gasteiger partial charge is 0.120 e. The fourth-order valence-corrected chi connectivity index (χ4v) is 0.798. The third-order valence-electron chi connectivity index (χ3n) is 1.33. The van der Waals surface area contributed by atoms with Crippen molar-refractivity contribution >= 4 is 12.4 Å². The number of nitrogens with two attached hydrogens (primary N) is 1. The second-order valence-electron chi connectivity index (χ2n) is 2.15. The van der Waals surface area contributed by atoms with Crippen LogP contribution in [-0.4, -0.2) is 0 Å². The van der Waals surface area contributed by atoms with Crippen molar-refractivity contribution in [3.8, 4) is 0 Å². The summed E-state index contributed by atoms with van der Waals surface area (Å²) in [4.78, 5) is 0. The summed E-state index contributed by atoms with van der Waals surface area (Å²) >= 11 is 0. The van der Waals surface area contributed by atoms with E-state index >= 15 is 0 Å². The van der Waals surface area contributed by atoms with Crippen LogP contribution in [0, 0.1) is 0 Å². The number of halogens is 1. The standard InChI is InChI=1S/C8H11NO.ClH/c1-2-4-7(9)8-5-3-6-10-8;/h2-3,5-7H,1,4,9H2;1H/t7-;/m1./s1. The average molecular weight is 174 g/mol. The Morgan fingerprint density at radius 2 is 2.45 bits per heavy atom. The second-order valence-corrected chi connectivity index (χ2v) is 2.15. The Kier molecular flexibility index (Phi) is 4.66. The van der Waals surface area contributed by atoms with Crippen molar-refractivity contribution in [1.29, 1.82) is 0 Å². The van der Waals surface area contributed by atoms with Crippen LogP contribution in [0.5, 0.6) is 0 Å². The monoisotopic (exact) mass is 173 g/mol. The topological polar surface area (TPSA) is 39.2 Å². The van der Waals surface area contributed by atoms with Gasteiger partial charge in [-0.05, 0) is 18.6 Å². The summed E-state index contributed by atoms with van der Waals surface area (Å²) in [6.07, 6.45) is 4.17. The molecule has 0 amide bonds. The van der Waals surface area contributed by atoms with Gasteiger partial charge in [-0.1, -0.05) is 6.08 Å². The molecule has 0 aliphatic carbocycles. The molecule has 2 nitrogen and oxygen atoms in total. The Morgan fingerprint density at radius 3 is 2.91 bits per heavy atom. The highest BCUT2D eigenvalue weighted by Crippen LogP contribution is 2.13. The summed E-state index contributed by atoms with van der Waals surface area (Å²) in [6, 6.07) is 3.67. The zero-order valence-corrected chi connectivity index (χ0v) is 7.01. The van der Waals surface area contributed by atoms with E-state index < -0.39 is 0 Å². The van der Waals surface area contributed by atoms with Gasteiger partial charge in [-0.3, -0.25) is 0 Å². The fourth-order valence-electron chi connectivity index (χ4n) is 0.798. The molecule has 62 valence electrons. The molecule has 0 saturated carbocycles. The fraction of sp³-hybridized carbons (Fsp3) is 0.250. The van der Waals surface area contributed by atoms with Crippen LogP contribution >= 0.6 is 12.4 Å². The highest BCUT2D eigenvalue weighted by Gasteiger charge is 2.04. The molecule has 11 heavy (non-hydrogen) atoms. The zero-order valence-electron chi connectivity index (χ0n) is 6.19. The lowest BCUT2D eigenvalue weighted by atomic mass is 10.2. The zero-order chi connectivity index (χ0) is 7.40. The molecule has 0 aliphatic rings. The van der Waals surface area contributed by atoms with Gasteiger partial charge in [0.1, 0.15) is 5.76 Å². The molecule has 0 fully saturated rings. The van der Waals surface area contributed by atoms with Crippen molar-refractivity contribution in [2.45, 2.75) is 12.5 Å².